The molecule has 0 aliphatic carbocycles. The van der Waals surface area contributed by atoms with Crippen LogP contribution in [0.5, 0.6) is 0 Å². The fourth-order valence-electron chi connectivity index (χ4n) is 0.839. The first-order valence-corrected chi connectivity index (χ1v) is 4.30. The summed E-state index contributed by atoms with van der Waals surface area (Å²) in [7, 11) is 3.47. The van der Waals surface area contributed by atoms with Crippen molar-refractivity contribution in [3.63, 3.8) is 0 Å². The van der Waals surface area contributed by atoms with Gasteiger partial charge < -0.3 is 5.73 Å². The fourth-order valence-corrected chi connectivity index (χ4v) is 0.839. The second-order valence-electron chi connectivity index (χ2n) is 3.05. The van der Waals surface area contributed by atoms with E-state index in [0.29, 0.717) is 12.1 Å². The molecule has 0 saturated carbocycles. The third-order valence-corrected chi connectivity index (χ3v) is 1.64. The Kier molecular flexibility index (Phi) is 6.70. The molecule has 0 aromatic carbocycles. The Labute approximate surface area is 84.2 Å². The smallest absolute Gasteiger partial charge is 0.154 e. The molecule has 0 aromatic heterocycles. The van der Waals surface area contributed by atoms with E-state index < -0.39 is 6.23 Å². The molecule has 80 valence electrons. The van der Waals surface area contributed by atoms with E-state index in [4.69, 9.17) is 5.73 Å². The quantitative estimate of drug-likeness (QED) is 0.524. The van der Waals surface area contributed by atoms with E-state index in [9.17, 15) is 4.53 Å². The van der Waals surface area contributed by atoms with Crippen LogP contribution in [-0.2, 0) is 4.94 Å². The van der Waals surface area contributed by atoms with Crippen molar-refractivity contribution in [2.45, 2.75) is 12.6 Å². The van der Waals surface area contributed by atoms with Gasteiger partial charge in [-0.05, 0) is 30.8 Å². The lowest BCUT2D eigenvalue weighted by atomic mass is 10.3. The maximum absolute atomic E-state index is 11.9. The molecule has 14 heavy (non-hydrogen) atoms. The number of rotatable bonds is 6. The van der Waals surface area contributed by atoms with Crippen LogP contribution in [0.3, 0.4) is 0 Å². The Morgan fingerprint density at radius 3 is 2.71 bits per heavy atom. The number of allylic oxidation sites excluding steroid dienone is 3. The maximum atomic E-state index is 11.9. The largest absolute Gasteiger partial charge is 0.399 e. The van der Waals surface area contributed by atoms with Crippen molar-refractivity contribution in [2.24, 2.45) is 5.73 Å². The Balaban J connectivity index is 4.02. The summed E-state index contributed by atoms with van der Waals surface area (Å²) in [4.78, 5) is 5.38. The van der Waals surface area contributed by atoms with Gasteiger partial charge in [-0.1, -0.05) is 18.7 Å². The molecule has 0 aromatic rings. The topological polar surface area (TPSA) is 38.5 Å². The average Bonchev–Trinajstić information content (AvgIpc) is 2.12. The Morgan fingerprint density at radius 2 is 2.29 bits per heavy atom. The fraction of sp³-hybridized carbons (Fsp3) is 0.400. The van der Waals surface area contributed by atoms with E-state index >= 15 is 0 Å². The molecule has 3 nitrogen and oxygen atoms in total. The van der Waals surface area contributed by atoms with Gasteiger partial charge in [0.05, 0.1) is 0 Å². The lowest BCUT2D eigenvalue weighted by Crippen LogP contribution is -2.27. The molecule has 4 heteroatoms. The molecular formula is C10H17FN2O. The van der Waals surface area contributed by atoms with Crippen molar-refractivity contribution < 1.29 is 9.47 Å². The molecule has 0 spiro atoms. The molecule has 0 radical (unpaired) electrons. The third-order valence-electron chi connectivity index (χ3n) is 1.64. The van der Waals surface area contributed by atoms with Crippen LogP contribution in [0, 0.1) is 0 Å². The maximum Gasteiger partial charge on any atom is 0.154 e. The van der Waals surface area contributed by atoms with Gasteiger partial charge in [0.2, 0.25) is 0 Å². The van der Waals surface area contributed by atoms with Crippen LogP contribution in [0.4, 0.5) is 4.53 Å². The molecule has 2 N–H and O–H groups in total. The highest BCUT2D eigenvalue weighted by Gasteiger charge is 2.09. The summed E-state index contributed by atoms with van der Waals surface area (Å²) in [5.41, 5.74) is 6.12. The van der Waals surface area contributed by atoms with E-state index in [1.54, 1.807) is 43.3 Å². The monoisotopic (exact) mass is 200 g/mol. The van der Waals surface area contributed by atoms with Crippen LogP contribution < -0.4 is 5.73 Å². The SMILES string of the molecule is C=C/C=C(N)\C=C/CC(OF)N(C)C. The van der Waals surface area contributed by atoms with Gasteiger partial charge in [-0.3, -0.25) is 4.90 Å². The van der Waals surface area contributed by atoms with Gasteiger partial charge in [-0.2, -0.15) is 4.94 Å². The highest BCUT2D eigenvalue weighted by Crippen LogP contribution is 2.04. The number of halogens is 1. The molecule has 0 aliphatic heterocycles. The molecular weight excluding hydrogens is 183 g/mol. The number of nitrogens with two attached hydrogens (primary N) is 1. The summed E-state index contributed by atoms with van der Waals surface area (Å²) in [6.45, 7) is 3.51. The van der Waals surface area contributed by atoms with E-state index in [2.05, 4.69) is 11.5 Å². The van der Waals surface area contributed by atoms with E-state index in [1.807, 2.05) is 0 Å². The molecule has 0 amide bonds. The minimum atomic E-state index is -0.567. The first kappa shape index (κ1) is 12.9. The van der Waals surface area contributed by atoms with E-state index in [-0.39, 0.29) is 0 Å². The summed E-state index contributed by atoms with van der Waals surface area (Å²) >= 11 is 0. The van der Waals surface area contributed by atoms with Gasteiger partial charge >= 0.3 is 0 Å². The molecule has 0 aliphatic rings. The van der Waals surface area contributed by atoms with Crippen LogP contribution in [0.2, 0.25) is 0 Å². The Morgan fingerprint density at radius 1 is 1.64 bits per heavy atom. The number of hydrogen-bond acceptors (Lipinski definition) is 3. The highest BCUT2D eigenvalue weighted by atomic mass is 19.3. The molecule has 1 atom stereocenters. The zero-order chi connectivity index (χ0) is 11.0. The second kappa shape index (κ2) is 7.29. The Bertz CT molecular complexity index is 224. The summed E-state index contributed by atoms with van der Waals surface area (Å²) in [6.07, 6.45) is 6.57. The molecule has 0 fully saturated rings. The lowest BCUT2D eigenvalue weighted by molar-refractivity contribution is -0.218. The van der Waals surface area contributed by atoms with Gasteiger partial charge in [0.25, 0.3) is 0 Å². The van der Waals surface area contributed by atoms with Crippen LogP contribution in [0.25, 0.3) is 0 Å². The summed E-state index contributed by atoms with van der Waals surface area (Å²) in [5, 5.41) is 0. The zero-order valence-corrected chi connectivity index (χ0v) is 8.61. The second-order valence-corrected chi connectivity index (χ2v) is 3.05. The van der Waals surface area contributed by atoms with Gasteiger partial charge in [0, 0.05) is 12.1 Å². The van der Waals surface area contributed by atoms with Crippen LogP contribution in [-0.4, -0.2) is 25.2 Å². The number of hydrogen-bond donors (Lipinski definition) is 1. The normalized spacial score (nSPS) is 15.0. The summed E-state index contributed by atoms with van der Waals surface area (Å²) in [5.74, 6) is 0. The van der Waals surface area contributed by atoms with E-state index in [1.165, 1.54) is 0 Å². The highest BCUT2D eigenvalue weighted by molar-refractivity contribution is 5.19. The summed E-state index contributed by atoms with van der Waals surface area (Å²) in [6, 6.07) is 0. The van der Waals surface area contributed by atoms with Gasteiger partial charge in [0.1, 0.15) is 0 Å². The van der Waals surface area contributed by atoms with Crippen LogP contribution in [0.15, 0.2) is 36.6 Å². The molecule has 0 heterocycles. The molecule has 0 bridgehead atoms. The minimum absolute atomic E-state index is 0.440. The van der Waals surface area contributed by atoms with Crippen molar-refractivity contribution >= 4 is 0 Å². The minimum Gasteiger partial charge on any atom is -0.399 e. The first-order chi connectivity index (χ1) is 6.61. The van der Waals surface area contributed by atoms with Crippen LogP contribution >= 0.6 is 0 Å². The Hall–Kier alpha value is -1.13. The van der Waals surface area contributed by atoms with Gasteiger partial charge in [-0.15, -0.1) is 0 Å². The first-order valence-electron chi connectivity index (χ1n) is 4.30. The van der Waals surface area contributed by atoms with E-state index in [0.717, 1.165) is 0 Å². The van der Waals surface area contributed by atoms with Crippen LogP contribution in [0.1, 0.15) is 6.42 Å². The zero-order valence-electron chi connectivity index (χ0n) is 8.61. The summed E-state index contributed by atoms with van der Waals surface area (Å²) < 4.78 is 11.9. The molecule has 0 rings (SSSR count). The van der Waals surface area contributed by atoms with Gasteiger partial charge in [0.15, 0.2) is 6.23 Å². The molecule has 0 saturated heterocycles. The van der Waals surface area contributed by atoms with Gasteiger partial charge in [-0.25, -0.2) is 0 Å². The van der Waals surface area contributed by atoms with Crippen molar-refractivity contribution in [3.05, 3.63) is 36.6 Å². The van der Waals surface area contributed by atoms with Crippen molar-refractivity contribution in [1.29, 1.82) is 0 Å². The number of nitrogens with zero attached hydrogens (tertiary/aromatic N) is 1. The standard InChI is InChI=1S/C10H17FN2O/c1-4-6-9(12)7-5-8-10(14-11)13(2)3/h4-7,10H,1,8,12H2,2-3H3/b7-5-,9-6+. The van der Waals surface area contributed by atoms with Crippen molar-refractivity contribution in [3.8, 4) is 0 Å². The average molecular weight is 200 g/mol. The van der Waals surface area contributed by atoms with Crippen molar-refractivity contribution in [2.75, 3.05) is 14.1 Å². The molecule has 1 unspecified atom stereocenters. The predicted molar refractivity (Wildman–Crippen MR) is 55.9 cm³/mol. The lowest BCUT2D eigenvalue weighted by Gasteiger charge is -2.17. The van der Waals surface area contributed by atoms with Crippen molar-refractivity contribution in [1.82, 2.24) is 4.90 Å². The predicted octanol–water partition coefficient (Wildman–Crippen LogP) is 1.75. The third kappa shape index (κ3) is 5.50.